The highest BCUT2D eigenvalue weighted by atomic mass is 32.2. The van der Waals surface area contributed by atoms with Crippen molar-refractivity contribution in [2.75, 3.05) is 0 Å². The molecule has 3 rings (SSSR count). The van der Waals surface area contributed by atoms with Crippen LogP contribution in [0.15, 0.2) is 14.5 Å². The van der Waals surface area contributed by atoms with E-state index in [0.717, 1.165) is 27.1 Å². The van der Waals surface area contributed by atoms with Crippen LogP contribution < -0.4 is 5.56 Å². The molecule has 0 saturated carbocycles. The first-order valence-electron chi connectivity index (χ1n) is 8.35. The minimum atomic E-state index is 0.0443. The van der Waals surface area contributed by atoms with E-state index in [1.807, 2.05) is 20.8 Å². The lowest BCUT2D eigenvalue weighted by Crippen LogP contribution is -2.25. The van der Waals surface area contributed by atoms with Crippen LogP contribution in [0.25, 0.3) is 10.2 Å². The van der Waals surface area contributed by atoms with Crippen LogP contribution in [0.3, 0.4) is 0 Å². The van der Waals surface area contributed by atoms with Gasteiger partial charge in [-0.15, -0.1) is 11.3 Å². The summed E-state index contributed by atoms with van der Waals surface area (Å²) in [5, 5.41) is 5.37. The topological polar surface area (TPSA) is 73.8 Å². The SMILES string of the molecule is CCc1noc(CSc2nc3sc(C)c(C)c3c(=O)n2CC(C)C)n1. The zero-order chi connectivity index (χ0) is 18.1. The predicted molar refractivity (Wildman–Crippen MR) is 101 cm³/mol. The summed E-state index contributed by atoms with van der Waals surface area (Å²) in [5.74, 6) is 2.12. The van der Waals surface area contributed by atoms with Crippen LogP contribution in [0.4, 0.5) is 0 Å². The average Bonchev–Trinajstić information content (AvgIpc) is 3.13. The van der Waals surface area contributed by atoms with Gasteiger partial charge in [-0.05, 0) is 25.3 Å². The summed E-state index contributed by atoms with van der Waals surface area (Å²) in [6.07, 6.45) is 0.740. The van der Waals surface area contributed by atoms with Crippen LogP contribution >= 0.6 is 23.1 Å². The lowest BCUT2D eigenvalue weighted by molar-refractivity contribution is 0.385. The minimum absolute atomic E-state index is 0.0443. The van der Waals surface area contributed by atoms with E-state index in [9.17, 15) is 4.79 Å². The van der Waals surface area contributed by atoms with E-state index < -0.39 is 0 Å². The van der Waals surface area contributed by atoms with Crippen molar-refractivity contribution in [1.29, 1.82) is 0 Å². The summed E-state index contributed by atoms with van der Waals surface area (Å²) in [6.45, 7) is 10.9. The van der Waals surface area contributed by atoms with Crippen LogP contribution in [0.2, 0.25) is 0 Å². The maximum absolute atomic E-state index is 13.0. The van der Waals surface area contributed by atoms with E-state index in [4.69, 9.17) is 9.51 Å². The molecule has 0 fully saturated rings. The zero-order valence-corrected chi connectivity index (χ0v) is 16.8. The summed E-state index contributed by atoms with van der Waals surface area (Å²) < 4.78 is 7.03. The monoisotopic (exact) mass is 378 g/mol. The van der Waals surface area contributed by atoms with Gasteiger partial charge in [0.2, 0.25) is 5.89 Å². The van der Waals surface area contributed by atoms with Crippen molar-refractivity contribution in [3.8, 4) is 0 Å². The Morgan fingerprint density at radius 2 is 2.04 bits per heavy atom. The maximum Gasteiger partial charge on any atom is 0.263 e. The molecule has 0 spiro atoms. The van der Waals surface area contributed by atoms with E-state index >= 15 is 0 Å². The standard InChI is InChI=1S/C17H22N4O2S2/c1-6-12-18-13(23-20-12)8-24-17-19-15-14(10(4)11(5)25-15)16(22)21(17)7-9(2)3/h9H,6-8H2,1-5H3. The fourth-order valence-electron chi connectivity index (χ4n) is 2.56. The molecule has 3 aromatic rings. The zero-order valence-electron chi connectivity index (χ0n) is 15.1. The number of hydrogen-bond acceptors (Lipinski definition) is 7. The summed E-state index contributed by atoms with van der Waals surface area (Å²) >= 11 is 3.05. The molecular formula is C17H22N4O2S2. The molecule has 0 bridgehead atoms. The van der Waals surface area contributed by atoms with Crippen molar-refractivity contribution < 1.29 is 4.52 Å². The van der Waals surface area contributed by atoms with Gasteiger partial charge in [0.1, 0.15) is 4.83 Å². The number of fused-ring (bicyclic) bond motifs is 1. The lowest BCUT2D eigenvalue weighted by Gasteiger charge is -2.13. The second-order valence-electron chi connectivity index (χ2n) is 6.41. The Morgan fingerprint density at radius 3 is 2.68 bits per heavy atom. The molecule has 0 saturated heterocycles. The Bertz CT molecular complexity index is 956. The molecule has 0 aliphatic heterocycles. The molecule has 0 aliphatic rings. The Morgan fingerprint density at radius 1 is 1.28 bits per heavy atom. The Labute approximate surface area is 154 Å². The molecule has 0 unspecified atom stereocenters. The molecule has 0 N–H and O–H groups in total. The molecule has 6 nitrogen and oxygen atoms in total. The number of aryl methyl sites for hydroxylation is 3. The third-order valence-electron chi connectivity index (χ3n) is 3.95. The van der Waals surface area contributed by atoms with E-state index in [-0.39, 0.29) is 5.56 Å². The van der Waals surface area contributed by atoms with Crippen molar-refractivity contribution in [2.45, 2.75) is 58.5 Å². The molecule has 25 heavy (non-hydrogen) atoms. The van der Waals surface area contributed by atoms with E-state index in [0.29, 0.717) is 35.1 Å². The quantitative estimate of drug-likeness (QED) is 0.477. The van der Waals surface area contributed by atoms with Gasteiger partial charge in [0.05, 0.1) is 11.1 Å². The van der Waals surface area contributed by atoms with Crippen molar-refractivity contribution >= 4 is 33.3 Å². The first-order chi connectivity index (χ1) is 11.9. The third-order valence-corrected chi connectivity index (χ3v) is 6.01. The molecule has 0 aromatic carbocycles. The minimum Gasteiger partial charge on any atom is -0.338 e. The van der Waals surface area contributed by atoms with Crippen LogP contribution in [-0.4, -0.2) is 19.7 Å². The van der Waals surface area contributed by atoms with Gasteiger partial charge in [-0.25, -0.2) is 4.98 Å². The first kappa shape index (κ1) is 18.1. The highest BCUT2D eigenvalue weighted by Crippen LogP contribution is 2.29. The largest absolute Gasteiger partial charge is 0.338 e. The van der Waals surface area contributed by atoms with Crippen molar-refractivity contribution in [3.05, 3.63) is 32.5 Å². The Kier molecular flexibility index (Phi) is 5.29. The van der Waals surface area contributed by atoms with Gasteiger partial charge in [-0.1, -0.05) is 37.7 Å². The molecule has 0 aliphatic carbocycles. The normalized spacial score (nSPS) is 11.8. The van der Waals surface area contributed by atoms with Crippen LogP contribution in [0.5, 0.6) is 0 Å². The lowest BCUT2D eigenvalue weighted by atomic mass is 10.2. The third kappa shape index (κ3) is 3.64. The second kappa shape index (κ2) is 7.29. The van der Waals surface area contributed by atoms with Crippen molar-refractivity contribution in [3.63, 3.8) is 0 Å². The van der Waals surface area contributed by atoms with Gasteiger partial charge < -0.3 is 4.52 Å². The predicted octanol–water partition coefficient (Wildman–Crippen LogP) is 3.97. The van der Waals surface area contributed by atoms with Crippen LogP contribution in [-0.2, 0) is 18.7 Å². The van der Waals surface area contributed by atoms with Gasteiger partial charge in [0.25, 0.3) is 5.56 Å². The van der Waals surface area contributed by atoms with Crippen LogP contribution in [0.1, 0.15) is 42.9 Å². The first-order valence-corrected chi connectivity index (χ1v) is 10.2. The number of nitrogens with zero attached hydrogens (tertiary/aromatic N) is 4. The molecule has 0 atom stereocenters. The fraction of sp³-hybridized carbons (Fsp3) is 0.529. The highest BCUT2D eigenvalue weighted by Gasteiger charge is 2.18. The molecule has 8 heteroatoms. The number of rotatable bonds is 6. The van der Waals surface area contributed by atoms with E-state index in [1.165, 1.54) is 11.8 Å². The number of thioether (sulfide) groups is 1. The number of thiophene rings is 1. The summed E-state index contributed by atoms with van der Waals surface area (Å²) in [4.78, 5) is 24.1. The molecule has 3 aromatic heterocycles. The molecule has 3 heterocycles. The van der Waals surface area contributed by atoms with E-state index in [1.54, 1.807) is 15.9 Å². The van der Waals surface area contributed by atoms with Gasteiger partial charge in [-0.3, -0.25) is 9.36 Å². The van der Waals surface area contributed by atoms with Gasteiger partial charge in [-0.2, -0.15) is 4.98 Å². The van der Waals surface area contributed by atoms with E-state index in [2.05, 4.69) is 24.0 Å². The highest BCUT2D eigenvalue weighted by molar-refractivity contribution is 7.98. The van der Waals surface area contributed by atoms with Crippen LogP contribution in [0, 0.1) is 19.8 Å². The Balaban J connectivity index is 2.01. The Hall–Kier alpha value is -1.67. The van der Waals surface area contributed by atoms with Crippen molar-refractivity contribution in [2.24, 2.45) is 5.92 Å². The fourth-order valence-corrected chi connectivity index (χ4v) is 4.48. The van der Waals surface area contributed by atoms with Crippen molar-refractivity contribution in [1.82, 2.24) is 19.7 Å². The number of aromatic nitrogens is 4. The van der Waals surface area contributed by atoms with Gasteiger partial charge in [0.15, 0.2) is 11.0 Å². The number of hydrogen-bond donors (Lipinski definition) is 0. The molecule has 134 valence electrons. The smallest absolute Gasteiger partial charge is 0.263 e. The van der Waals surface area contributed by atoms with Gasteiger partial charge >= 0.3 is 0 Å². The van der Waals surface area contributed by atoms with Gasteiger partial charge in [0, 0.05) is 17.8 Å². The maximum atomic E-state index is 13.0. The molecule has 0 amide bonds. The summed E-state index contributed by atoms with van der Waals surface area (Å²) in [6, 6.07) is 0. The second-order valence-corrected chi connectivity index (χ2v) is 8.56. The molecular weight excluding hydrogens is 356 g/mol. The summed E-state index contributed by atoms with van der Waals surface area (Å²) in [7, 11) is 0. The molecule has 0 radical (unpaired) electrons. The average molecular weight is 379 g/mol. The summed E-state index contributed by atoms with van der Waals surface area (Å²) in [5.41, 5.74) is 1.08.